The molecule has 78 valence electrons. The second-order valence-corrected chi connectivity index (χ2v) is 3.09. The summed E-state index contributed by atoms with van der Waals surface area (Å²) in [6, 6.07) is 5.34. The molecule has 0 saturated heterocycles. The van der Waals surface area contributed by atoms with E-state index in [4.69, 9.17) is 16.1 Å². The number of phenols is 1. The topological polar surface area (TPSA) is 107 Å². The van der Waals surface area contributed by atoms with Gasteiger partial charge >= 0.3 is 5.97 Å². The van der Waals surface area contributed by atoms with Crippen LogP contribution in [0.2, 0.25) is 0 Å². The average molecular weight is 206 g/mol. The maximum atomic E-state index is 10.4. The molecule has 0 aromatic heterocycles. The minimum absolute atomic E-state index is 0.0911. The van der Waals surface area contributed by atoms with Gasteiger partial charge in [-0.05, 0) is 17.7 Å². The lowest BCUT2D eigenvalue weighted by Gasteiger charge is -2.09. The van der Waals surface area contributed by atoms with Gasteiger partial charge in [0, 0.05) is 6.04 Å². The lowest BCUT2D eigenvalue weighted by atomic mass is 10.0. The monoisotopic (exact) mass is 206 g/mol. The van der Waals surface area contributed by atoms with Gasteiger partial charge in [0.25, 0.3) is 0 Å². The second kappa shape index (κ2) is 4.44. The molecule has 0 saturated carbocycles. The Morgan fingerprint density at radius 2 is 2.27 bits per heavy atom. The third-order valence-electron chi connectivity index (χ3n) is 1.96. The molecule has 0 spiro atoms. The SMILES string of the molecule is N#Cc1cc(C(N)CC(=O)O)ccc1O. The Labute approximate surface area is 86.4 Å². The fourth-order valence-electron chi connectivity index (χ4n) is 1.18. The maximum Gasteiger partial charge on any atom is 0.305 e. The van der Waals surface area contributed by atoms with E-state index in [-0.39, 0.29) is 17.7 Å². The Morgan fingerprint density at radius 1 is 1.60 bits per heavy atom. The van der Waals surface area contributed by atoms with Crippen LogP contribution in [-0.4, -0.2) is 16.2 Å². The van der Waals surface area contributed by atoms with Crippen LogP contribution in [0.15, 0.2) is 18.2 Å². The Balaban J connectivity index is 2.96. The molecule has 1 aromatic rings. The molecule has 1 aromatic carbocycles. The molecule has 1 unspecified atom stereocenters. The first kappa shape index (κ1) is 11.0. The Kier molecular flexibility index (Phi) is 3.26. The molecule has 15 heavy (non-hydrogen) atoms. The predicted octanol–water partition coefficient (Wildman–Crippen LogP) is 0.738. The van der Waals surface area contributed by atoms with Crippen LogP contribution in [0.1, 0.15) is 23.6 Å². The molecule has 0 aliphatic carbocycles. The van der Waals surface area contributed by atoms with Gasteiger partial charge in [0.1, 0.15) is 11.8 Å². The van der Waals surface area contributed by atoms with Crippen molar-refractivity contribution in [3.8, 4) is 11.8 Å². The van der Waals surface area contributed by atoms with Crippen molar-refractivity contribution in [2.24, 2.45) is 5.73 Å². The number of benzene rings is 1. The minimum atomic E-state index is -1.01. The van der Waals surface area contributed by atoms with E-state index < -0.39 is 12.0 Å². The Bertz CT molecular complexity index is 423. The molecular formula is C10H10N2O3. The Hall–Kier alpha value is -2.06. The first-order valence-electron chi connectivity index (χ1n) is 4.25. The molecule has 5 heteroatoms. The number of nitrogens with zero attached hydrogens (tertiary/aromatic N) is 1. The number of aliphatic carboxylic acids is 1. The standard InChI is InChI=1S/C10H10N2O3/c11-5-7-3-6(1-2-9(7)13)8(12)4-10(14)15/h1-3,8,13H,4,12H2,(H,14,15). The molecule has 0 radical (unpaired) electrons. The number of aromatic hydroxyl groups is 1. The van der Waals surface area contributed by atoms with Gasteiger partial charge in [-0.15, -0.1) is 0 Å². The molecule has 0 aliphatic heterocycles. The largest absolute Gasteiger partial charge is 0.507 e. The lowest BCUT2D eigenvalue weighted by Crippen LogP contribution is -2.15. The summed E-state index contributed by atoms with van der Waals surface area (Å²) in [6.45, 7) is 0. The predicted molar refractivity (Wildman–Crippen MR) is 52.0 cm³/mol. The molecule has 4 N–H and O–H groups in total. The first-order valence-corrected chi connectivity index (χ1v) is 4.25. The van der Waals surface area contributed by atoms with Crippen LogP contribution in [-0.2, 0) is 4.79 Å². The summed E-state index contributed by atoms with van der Waals surface area (Å²) < 4.78 is 0. The van der Waals surface area contributed by atoms with Crippen molar-refractivity contribution in [3.05, 3.63) is 29.3 Å². The van der Waals surface area contributed by atoms with Crippen molar-refractivity contribution < 1.29 is 15.0 Å². The van der Waals surface area contributed by atoms with Gasteiger partial charge in [-0.3, -0.25) is 4.79 Å². The van der Waals surface area contributed by atoms with Gasteiger partial charge in [0.05, 0.1) is 12.0 Å². The third kappa shape index (κ3) is 2.69. The van der Waals surface area contributed by atoms with Crippen LogP contribution in [0.25, 0.3) is 0 Å². The summed E-state index contributed by atoms with van der Waals surface area (Å²) in [5.74, 6) is -1.14. The van der Waals surface area contributed by atoms with Gasteiger partial charge in [-0.25, -0.2) is 0 Å². The number of nitrogens with two attached hydrogens (primary N) is 1. The van der Waals surface area contributed by atoms with Crippen molar-refractivity contribution in [2.75, 3.05) is 0 Å². The molecule has 1 rings (SSSR count). The van der Waals surface area contributed by atoms with Crippen molar-refractivity contribution >= 4 is 5.97 Å². The molecule has 5 nitrogen and oxygen atoms in total. The van der Waals surface area contributed by atoms with Crippen molar-refractivity contribution in [3.63, 3.8) is 0 Å². The Morgan fingerprint density at radius 3 is 2.80 bits per heavy atom. The van der Waals surface area contributed by atoms with E-state index in [1.165, 1.54) is 18.2 Å². The summed E-state index contributed by atoms with van der Waals surface area (Å²) in [7, 11) is 0. The summed E-state index contributed by atoms with van der Waals surface area (Å²) in [4.78, 5) is 10.4. The van der Waals surface area contributed by atoms with Crippen LogP contribution in [0, 0.1) is 11.3 Å². The number of phenolic OH excluding ortho intramolecular Hbond substituents is 1. The zero-order chi connectivity index (χ0) is 11.4. The van der Waals surface area contributed by atoms with Crippen LogP contribution in [0.4, 0.5) is 0 Å². The van der Waals surface area contributed by atoms with Crippen LogP contribution in [0.5, 0.6) is 5.75 Å². The quantitative estimate of drug-likeness (QED) is 0.676. The zero-order valence-corrected chi connectivity index (χ0v) is 7.84. The van der Waals surface area contributed by atoms with E-state index in [1.54, 1.807) is 6.07 Å². The van der Waals surface area contributed by atoms with E-state index in [2.05, 4.69) is 0 Å². The van der Waals surface area contributed by atoms with Gasteiger partial charge in [0.2, 0.25) is 0 Å². The molecule has 0 fully saturated rings. The fraction of sp³-hybridized carbons (Fsp3) is 0.200. The van der Waals surface area contributed by atoms with Crippen molar-refractivity contribution in [2.45, 2.75) is 12.5 Å². The average Bonchev–Trinajstić information content (AvgIpc) is 2.17. The number of nitriles is 1. The lowest BCUT2D eigenvalue weighted by molar-refractivity contribution is -0.137. The summed E-state index contributed by atoms with van der Waals surface area (Å²) >= 11 is 0. The van der Waals surface area contributed by atoms with Crippen LogP contribution in [0.3, 0.4) is 0 Å². The number of hydrogen-bond donors (Lipinski definition) is 3. The second-order valence-electron chi connectivity index (χ2n) is 3.09. The normalized spacial score (nSPS) is 11.7. The molecule has 0 heterocycles. The van der Waals surface area contributed by atoms with E-state index in [9.17, 15) is 9.90 Å². The summed E-state index contributed by atoms with van der Waals surface area (Å²) in [5, 5.41) is 26.4. The highest BCUT2D eigenvalue weighted by Gasteiger charge is 2.12. The first-order chi connectivity index (χ1) is 7.04. The fourth-order valence-corrected chi connectivity index (χ4v) is 1.18. The van der Waals surface area contributed by atoms with E-state index in [1.807, 2.05) is 0 Å². The smallest absolute Gasteiger partial charge is 0.305 e. The third-order valence-corrected chi connectivity index (χ3v) is 1.96. The van der Waals surface area contributed by atoms with Gasteiger partial charge in [-0.2, -0.15) is 5.26 Å². The van der Waals surface area contributed by atoms with Crippen molar-refractivity contribution in [1.29, 1.82) is 5.26 Å². The highest BCUT2D eigenvalue weighted by atomic mass is 16.4. The molecule has 1 atom stereocenters. The summed E-state index contributed by atoms with van der Waals surface area (Å²) in [5.41, 5.74) is 6.21. The minimum Gasteiger partial charge on any atom is -0.507 e. The van der Waals surface area contributed by atoms with E-state index >= 15 is 0 Å². The number of carbonyl (C=O) groups is 1. The molecule has 0 aliphatic rings. The highest BCUT2D eigenvalue weighted by Crippen LogP contribution is 2.22. The van der Waals surface area contributed by atoms with Crippen molar-refractivity contribution in [1.82, 2.24) is 0 Å². The number of hydrogen-bond acceptors (Lipinski definition) is 4. The van der Waals surface area contributed by atoms with Gasteiger partial charge in [-0.1, -0.05) is 6.07 Å². The number of carboxylic acid groups (broad SMARTS) is 1. The number of rotatable bonds is 3. The summed E-state index contributed by atoms with van der Waals surface area (Å²) in [6.07, 6.45) is -0.213. The molecular weight excluding hydrogens is 196 g/mol. The maximum absolute atomic E-state index is 10.4. The number of carboxylic acids is 1. The molecule has 0 amide bonds. The zero-order valence-electron chi connectivity index (χ0n) is 7.84. The van der Waals surface area contributed by atoms with E-state index in [0.29, 0.717) is 5.56 Å². The highest BCUT2D eigenvalue weighted by molar-refractivity contribution is 5.68. The van der Waals surface area contributed by atoms with Gasteiger partial charge < -0.3 is 15.9 Å². The van der Waals surface area contributed by atoms with Crippen LogP contribution < -0.4 is 5.73 Å². The molecule has 0 bridgehead atoms. The van der Waals surface area contributed by atoms with Gasteiger partial charge in [0.15, 0.2) is 0 Å². The van der Waals surface area contributed by atoms with E-state index in [0.717, 1.165) is 0 Å². The van der Waals surface area contributed by atoms with Crippen LogP contribution >= 0.6 is 0 Å².